The van der Waals surface area contributed by atoms with Gasteiger partial charge in [-0.3, -0.25) is 0 Å². The Labute approximate surface area is 124 Å². The number of hydrogen-bond donors (Lipinski definition) is 1. The molecule has 0 aliphatic carbocycles. The van der Waals surface area contributed by atoms with E-state index < -0.39 is 0 Å². The molecule has 0 heterocycles. The van der Waals surface area contributed by atoms with Crippen molar-refractivity contribution in [2.45, 2.75) is 13.3 Å². The van der Waals surface area contributed by atoms with Crippen LogP contribution in [0.1, 0.15) is 11.1 Å². The van der Waals surface area contributed by atoms with Gasteiger partial charge in [-0.15, -0.1) is 0 Å². The summed E-state index contributed by atoms with van der Waals surface area (Å²) >= 11 is 0. The molecule has 0 spiro atoms. The maximum Gasteiger partial charge on any atom is 0.126 e. The van der Waals surface area contributed by atoms with Crippen molar-refractivity contribution in [3.63, 3.8) is 0 Å². The van der Waals surface area contributed by atoms with Gasteiger partial charge in [0.15, 0.2) is 0 Å². The molecule has 4 heteroatoms. The Kier molecular flexibility index (Phi) is 5.58. The normalized spacial score (nSPS) is 10.4. The first-order valence-electron chi connectivity index (χ1n) is 7.00. The van der Waals surface area contributed by atoms with Crippen molar-refractivity contribution in [3.05, 3.63) is 59.4 Å². The van der Waals surface area contributed by atoms with E-state index in [0.29, 0.717) is 25.5 Å². The van der Waals surface area contributed by atoms with E-state index in [2.05, 4.69) is 0 Å². The predicted octanol–water partition coefficient (Wildman–Crippen LogP) is 3.09. The molecule has 2 aromatic rings. The highest BCUT2D eigenvalue weighted by Gasteiger charge is 2.02. The van der Waals surface area contributed by atoms with Crippen molar-refractivity contribution >= 4 is 0 Å². The summed E-state index contributed by atoms with van der Waals surface area (Å²) < 4.78 is 24.2. The monoisotopic (exact) mass is 289 g/mol. The molecule has 2 N–H and O–H groups in total. The summed E-state index contributed by atoms with van der Waals surface area (Å²) in [6.07, 6.45) is 0.863. The van der Waals surface area contributed by atoms with Gasteiger partial charge in [0.25, 0.3) is 0 Å². The molecule has 0 saturated heterocycles. The molecule has 0 aliphatic rings. The van der Waals surface area contributed by atoms with Gasteiger partial charge in [0.05, 0.1) is 0 Å². The maximum absolute atomic E-state index is 13.1. The summed E-state index contributed by atoms with van der Waals surface area (Å²) in [6.45, 7) is 3.30. The van der Waals surface area contributed by atoms with Crippen molar-refractivity contribution in [3.8, 4) is 11.5 Å². The number of aryl methyl sites for hydroxylation is 1. The Morgan fingerprint density at radius 2 is 1.71 bits per heavy atom. The van der Waals surface area contributed by atoms with Crippen LogP contribution in [0.25, 0.3) is 0 Å². The number of benzene rings is 2. The first-order valence-corrected chi connectivity index (χ1v) is 7.00. The zero-order valence-electron chi connectivity index (χ0n) is 12.1. The third kappa shape index (κ3) is 4.76. The second-order valence-electron chi connectivity index (χ2n) is 4.79. The number of ether oxygens (including phenoxy) is 2. The van der Waals surface area contributed by atoms with Crippen molar-refractivity contribution in [2.24, 2.45) is 5.73 Å². The minimum Gasteiger partial charge on any atom is -0.490 e. The quantitative estimate of drug-likeness (QED) is 0.797. The average Bonchev–Trinajstić information content (AvgIpc) is 2.49. The van der Waals surface area contributed by atoms with Crippen LogP contribution in [0.5, 0.6) is 11.5 Å². The molecular formula is C17H20FNO2. The van der Waals surface area contributed by atoms with E-state index in [-0.39, 0.29) is 5.82 Å². The van der Waals surface area contributed by atoms with Gasteiger partial charge in [0.2, 0.25) is 0 Å². The van der Waals surface area contributed by atoms with Crippen LogP contribution in [0.2, 0.25) is 0 Å². The van der Waals surface area contributed by atoms with Crippen molar-refractivity contribution in [1.29, 1.82) is 0 Å². The lowest BCUT2D eigenvalue weighted by molar-refractivity contribution is 0.216. The van der Waals surface area contributed by atoms with Crippen molar-refractivity contribution in [1.82, 2.24) is 0 Å². The van der Waals surface area contributed by atoms with Crippen molar-refractivity contribution < 1.29 is 13.9 Å². The number of halogens is 1. The molecular weight excluding hydrogens is 269 g/mol. The highest BCUT2D eigenvalue weighted by atomic mass is 19.1. The average molecular weight is 289 g/mol. The summed E-state index contributed by atoms with van der Waals surface area (Å²) in [5.41, 5.74) is 7.60. The zero-order chi connectivity index (χ0) is 15.1. The van der Waals surface area contributed by atoms with Gasteiger partial charge in [-0.25, -0.2) is 4.39 Å². The third-order valence-electron chi connectivity index (χ3n) is 3.12. The molecule has 0 fully saturated rings. The lowest BCUT2D eigenvalue weighted by Gasteiger charge is -2.10. The molecule has 2 rings (SSSR count). The van der Waals surface area contributed by atoms with Gasteiger partial charge < -0.3 is 15.2 Å². The first kappa shape index (κ1) is 15.3. The molecule has 0 bridgehead atoms. The summed E-state index contributed by atoms with van der Waals surface area (Å²) in [6, 6.07) is 12.3. The van der Waals surface area contributed by atoms with Gasteiger partial charge >= 0.3 is 0 Å². The molecule has 112 valence electrons. The number of rotatable bonds is 7. The van der Waals surface area contributed by atoms with Crippen LogP contribution in [0, 0.1) is 12.7 Å². The smallest absolute Gasteiger partial charge is 0.126 e. The zero-order valence-corrected chi connectivity index (χ0v) is 12.1. The molecule has 0 aliphatic heterocycles. The second-order valence-corrected chi connectivity index (χ2v) is 4.79. The number of nitrogens with two attached hydrogens (primary N) is 1. The maximum atomic E-state index is 13.1. The van der Waals surface area contributed by atoms with Gasteiger partial charge in [-0.1, -0.05) is 18.2 Å². The Bertz CT molecular complexity index is 570. The SMILES string of the molecule is Cc1ccc(F)cc1OCCOc1ccc(CCN)cc1. The Morgan fingerprint density at radius 1 is 1.00 bits per heavy atom. The fourth-order valence-corrected chi connectivity index (χ4v) is 1.96. The van der Waals surface area contributed by atoms with Crippen LogP contribution in [-0.2, 0) is 6.42 Å². The largest absolute Gasteiger partial charge is 0.490 e. The minimum atomic E-state index is -0.299. The third-order valence-corrected chi connectivity index (χ3v) is 3.12. The molecule has 0 unspecified atom stereocenters. The van der Waals surface area contributed by atoms with Crippen LogP contribution in [0.15, 0.2) is 42.5 Å². The van der Waals surface area contributed by atoms with Crippen LogP contribution in [0.4, 0.5) is 4.39 Å². The molecule has 3 nitrogen and oxygen atoms in total. The van der Waals surface area contributed by atoms with Gasteiger partial charge in [-0.05, 0) is 49.2 Å². The second kappa shape index (κ2) is 7.64. The van der Waals surface area contributed by atoms with Gasteiger partial charge in [0, 0.05) is 6.07 Å². The standard InChI is InChI=1S/C17H20FNO2/c1-13-2-5-15(18)12-17(13)21-11-10-20-16-6-3-14(4-7-16)8-9-19/h2-7,12H,8-11,19H2,1H3. The Balaban J connectivity index is 1.77. The van der Waals surface area contributed by atoms with Gasteiger partial charge in [-0.2, -0.15) is 0 Å². The van der Waals surface area contributed by atoms with Crippen LogP contribution in [0.3, 0.4) is 0 Å². The lowest BCUT2D eigenvalue weighted by Crippen LogP contribution is -2.10. The van der Waals surface area contributed by atoms with Crippen LogP contribution in [-0.4, -0.2) is 19.8 Å². The molecule has 0 radical (unpaired) electrons. The first-order chi connectivity index (χ1) is 10.2. The summed E-state index contributed by atoms with van der Waals surface area (Å²) in [5.74, 6) is 1.04. The number of hydrogen-bond acceptors (Lipinski definition) is 3. The minimum absolute atomic E-state index is 0.299. The van der Waals surface area contributed by atoms with E-state index in [1.165, 1.54) is 17.7 Å². The summed E-state index contributed by atoms with van der Waals surface area (Å²) in [7, 11) is 0. The van der Waals surface area contributed by atoms with E-state index in [0.717, 1.165) is 17.7 Å². The molecule has 0 atom stereocenters. The Morgan fingerprint density at radius 3 is 2.43 bits per heavy atom. The van der Waals surface area contributed by atoms with Crippen molar-refractivity contribution in [2.75, 3.05) is 19.8 Å². The molecule has 0 amide bonds. The summed E-state index contributed by atoms with van der Waals surface area (Å²) in [5, 5.41) is 0. The van der Waals surface area contributed by atoms with Gasteiger partial charge in [0.1, 0.15) is 30.5 Å². The van der Waals surface area contributed by atoms with Crippen LogP contribution < -0.4 is 15.2 Å². The van der Waals surface area contributed by atoms with E-state index in [4.69, 9.17) is 15.2 Å². The Hall–Kier alpha value is -2.07. The molecule has 21 heavy (non-hydrogen) atoms. The fourth-order valence-electron chi connectivity index (χ4n) is 1.96. The molecule has 0 aromatic heterocycles. The van der Waals surface area contributed by atoms with E-state index in [1.54, 1.807) is 6.07 Å². The molecule has 0 saturated carbocycles. The van der Waals surface area contributed by atoms with E-state index in [1.807, 2.05) is 31.2 Å². The molecule has 2 aromatic carbocycles. The summed E-state index contributed by atoms with van der Waals surface area (Å²) in [4.78, 5) is 0. The van der Waals surface area contributed by atoms with Crippen LogP contribution >= 0.6 is 0 Å². The predicted molar refractivity (Wildman–Crippen MR) is 81.3 cm³/mol. The topological polar surface area (TPSA) is 44.5 Å². The van der Waals surface area contributed by atoms with E-state index >= 15 is 0 Å². The lowest BCUT2D eigenvalue weighted by atomic mass is 10.1. The highest BCUT2D eigenvalue weighted by Crippen LogP contribution is 2.18. The highest BCUT2D eigenvalue weighted by molar-refractivity contribution is 5.32. The van der Waals surface area contributed by atoms with E-state index in [9.17, 15) is 4.39 Å². The fraction of sp³-hybridized carbons (Fsp3) is 0.294.